The van der Waals surface area contributed by atoms with Gasteiger partial charge >= 0.3 is 0 Å². The molecule has 3 aliphatic rings. The van der Waals surface area contributed by atoms with E-state index in [0.29, 0.717) is 5.13 Å². The Morgan fingerprint density at radius 2 is 2.06 bits per heavy atom. The lowest BCUT2D eigenvalue weighted by Crippen LogP contribution is -2.53. The van der Waals surface area contributed by atoms with Crippen molar-refractivity contribution >= 4 is 28.3 Å². The van der Waals surface area contributed by atoms with Gasteiger partial charge in [-0.1, -0.05) is 20.8 Å². The van der Waals surface area contributed by atoms with E-state index >= 15 is 0 Å². The molecule has 6 atom stereocenters. The monoisotopic (exact) mass is 483 g/mol. The van der Waals surface area contributed by atoms with Crippen LogP contribution in [0.1, 0.15) is 73.4 Å². The lowest BCUT2D eigenvalue weighted by molar-refractivity contribution is -0.143. The van der Waals surface area contributed by atoms with Gasteiger partial charge in [-0.3, -0.25) is 19.9 Å². The van der Waals surface area contributed by atoms with Crippen molar-refractivity contribution in [3.8, 4) is 0 Å². The maximum atomic E-state index is 13.1. The number of anilines is 1. The number of hydrogen-bond acceptors (Lipinski definition) is 7. The average molecular weight is 484 g/mol. The maximum Gasteiger partial charge on any atom is 0.277 e. The van der Waals surface area contributed by atoms with Crippen LogP contribution in [0.15, 0.2) is 18.6 Å². The number of thiazole rings is 1. The molecule has 1 aliphatic heterocycles. The molecule has 0 radical (unpaired) electrons. The zero-order valence-corrected chi connectivity index (χ0v) is 20.8. The molecule has 0 bridgehead atoms. The number of carbonyl (C=O) groups excluding carboxylic acids is 2. The van der Waals surface area contributed by atoms with Gasteiger partial charge in [0, 0.05) is 42.2 Å². The molecule has 0 spiro atoms. The Bertz CT molecular complexity index is 1070. The summed E-state index contributed by atoms with van der Waals surface area (Å²) >= 11 is 1.51. The molecule has 5 rings (SSSR count). The molecule has 2 aliphatic carbocycles. The molecule has 2 aromatic heterocycles. The van der Waals surface area contributed by atoms with Gasteiger partial charge in [0.1, 0.15) is 5.69 Å². The second-order valence-corrected chi connectivity index (χ2v) is 11.6. The van der Waals surface area contributed by atoms with Gasteiger partial charge in [0.15, 0.2) is 5.13 Å². The molecule has 1 saturated carbocycles. The van der Waals surface area contributed by atoms with E-state index in [2.05, 4.69) is 29.1 Å². The first-order chi connectivity index (χ1) is 16.3. The molecule has 3 heterocycles. The Balaban J connectivity index is 1.35. The molecule has 9 heteroatoms. The second kappa shape index (κ2) is 9.00. The third-order valence-electron chi connectivity index (χ3n) is 8.39. The molecule has 1 saturated heterocycles. The minimum Gasteiger partial charge on any atom is -0.392 e. The summed E-state index contributed by atoms with van der Waals surface area (Å²) in [6, 6.07) is 0. The van der Waals surface area contributed by atoms with E-state index in [1.54, 1.807) is 0 Å². The number of nitrogens with one attached hydrogen (secondary N) is 1. The topological polar surface area (TPSA) is 108 Å². The number of aliphatic hydroxyl groups is 1. The largest absolute Gasteiger partial charge is 0.392 e. The summed E-state index contributed by atoms with van der Waals surface area (Å²) in [5.41, 5.74) is 1.15. The van der Waals surface area contributed by atoms with Crippen LogP contribution < -0.4 is 5.32 Å². The fraction of sp³-hybridized carbons (Fsp3) is 0.640. The molecule has 34 heavy (non-hydrogen) atoms. The van der Waals surface area contributed by atoms with Crippen LogP contribution in [0.4, 0.5) is 5.13 Å². The number of rotatable bonds is 4. The predicted molar refractivity (Wildman–Crippen MR) is 130 cm³/mol. The summed E-state index contributed by atoms with van der Waals surface area (Å²) in [6.45, 7) is 8.08. The Kier molecular flexibility index (Phi) is 6.18. The first kappa shape index (κ1) is 23.4. The highest BCUT2D eigenvalue weighted by Gasteiger charge is 2.54. The lowest BCUT2D eigenvalue weighted by Gasteiger charge is -2.53. The van der Waals surface area contributed by atoms with E-state index in [1.807, 2.05) is 11.8 Å². The van der Waals surface area contributed by atoms with Crippen molar-refractivity contribution in [2.24, 2.45) is 23.2 Å². The molecule has 2 aromatic rings. The summed E-state index contributed by atoms with van der Waals surface area (Å²) < 4.78 is 0. The summed E-state index contributed by atoms with van der Waals surface area (Å²) in [7, 11) is 0. The van der Waals surface area contributed by atoms with Gasteiger partial charge < -0.3 is 10.0 Å². The van der Waals surface area contributed by atoms with Gasteiger partial charge in [-0.25, -0.2) is 9.97 Å². The number of aromatic nitrogens is 3. The van der Waals surface area contributed by atoms with Crippen LogP contribution in [0, 0.1) is 23.2 Å². The zero-order chi connectivity index (χ0) is 24.0. The predicted octanol–water partition coefficient (Wildman–Crippen LogP) is 3.50. The second-order valence-electron chi connectivity index (χ2n) is 10.5. The number of nitrogens with zero attached hydrogens (tertiary/aromatic N) is 4. The normalized spacial score (nSPS) is 31.5. The Morgan fingerprint density at radius 1 is 1.29 bits per heavy atom. The van der Waals surface area contributed by atoms with E-state index < -0.39 is 6.10 Å². The van der Waals surface area contributed by atoms with E-state index in [0.717, 1.165) is 50.9 Å². The van der Waals surface area contributed by atoms with Gasteiger partial charge in [0.25, 0.3) is 5.91 Å². The number of likely N-dealkylation sites (tertiary alicyclic amines) is 1. The average Bonchev–Trinajstić information content (AvgIpc) is 3.49. The number of aliphatic hydroxyl groups excluding tert-OH is 1. The van der Waals surface area contributed by atoms with Crippen LogP contribution in [0.2, 0.25) is 0 Å². The maximum absolute atomic E-state index is 13.1. The van der Waals surface area contributed by atoms with Crippen molar-refractivity contribution < 1.29 is 14.7 Å². The van der Waals surface area contributed by atoms with Crippen molar-refractivity contribution in [2.75, 3.05) is 18.4 Å². The molecule has 2 fully saturated rings. The van der Waals surface area contributed by atoms with Crippen LogP contribution in [0.3, 0.4) is 0 Å². The molecule has 1 unspecified atom stereocenters. The minimum absolute atomic E-state index is 0.0261. The number of amides is 2. The van der Waals surface area contributed by atoms with Gasteiger partial charge in [-0.2, -0.15) is 0 Å². The molecule has 8 nitrogen and oxygen atoms in total. The third kappa shape index (κ3) is 4.02. The fourth-order valence-corrected chi connectivity index (χ4v) is 7.85. The van der Waals surface area contributed by atoms with E-state index in [9.17, 15) is 14.7 Å². The van der Waals surface area contributed by atoms with Gasteiger partial charge in [-0.15, -0.1) is 11.3 Å². The Labute approximate surface area is 204 Å². The highest BCUT2D eigenvalue weighted by atomic mass is 32.1. The molecule has 2 N–H and O–H groups in total. The molecule has 0 aromatic carbocycles. The molecule has 2 amide bonds. The number of hydrogen-bond donors (Lipinski definition) is 2. The molecule has 182 valence electrons. The summed E-state index contributed by atoms with van der Waals surface area (Å²) in [6.07, 6.45) is 8.70. The fourth-order valence-electron chi connectivity index (χ4n) is 6.59. The SMILES string of the molecule is C[C@H](C(=O)N1CCCC1)C1CC[C@@]2(C)Cc3sc(NC(=O)c4cnccn4)nc3[C@@H](C)[C@@H]2[C@H]1O. The molecular weight excluding hydrogens is 450 g/mol. The van der Waals surface area contributed by atoms with Gasteiger partial charge in [0.05, 0.1) is 18.0 Å². The highest BCUT2D eigenvalue weighted by Crippen LogP contribution is 2.57. The highest BCUT2D eigenvalue weighted by molar-refractivity contribution is 7.15. The van der Waals surface area contributed by atoms with Crippen molar-refractivity contribution in [3.05, 3.63) is 34.9 Å². The Hall–Kier alpha value is -2.39. The van der Waals surface area contributed by atoms with Crippen LogP contribution in [0.5, 0.6) is 0 Å². The first-order valence-corrected chi connectivity index (χ1v) is 13.1. The van der Waals surface area contributed by atoms with E-state index in [1.165, 1.54) is 34.8 Å². The minimum atomic E-state index is -0.553. The van der Waals surface area contributed by atoms with Crippen molar-refractivity contribution in [1.82, 2.24) is 19.9 Å². The Morgan fingerprint density at radius 3 is 2.76 bits per heavy atom. The van der Waals surface area contributed by atoms with Crippen LogP contribution in [-0.4, -0.2) is 56.0 Å². The quantitative estimate of drug-likeness (QED) is 0.689. The summed E-state index contributed by atoms with van der Waals surface area (Å²) in [5, 5.41) is 15.0. The van der Waals surface area contributed by atoms with E-state index in [-0.39, 0.29) is 46.6 Å². The zero-order valence-electron chi connectivity index (χ0n) is 20.0. The van der Waals surface area contributed by atoms with E-state index in [4.69, 9.17) is 4.98 Å². The van der Waals surface area contributed by atoms with Crippen molar-refractivity contribution in [1.29, 1.82) is 0 Å². The van der Waals surface area contributed by atoms with Crippen LogP contribution in [-0.2, 0) is 11.2 Å². The summed E-state index contributed by atoms with van der Waals surface area (Å²) in [4.78, 5) is 41.6. The van der Waals surface area contributed by atoms with Crippen molar-refractivity contribution in [3.63, 3.8) is 0 Å². The number of carbonyl (C=O) groups is 2. The first-order valence-electron chi connectivity index (χ1n) is 12.3. The number of fused-ring (bicyclic) bond motifs is 2. The standard InChI is InChI=1S/C25H33N5O3S/c1-14(23(33)30-10-4-5-11-30)16-6-7-25(3)12-18-20(15(2)19(25)21(16)31)28-24(34-18)29-22(32)17-13-26-8-9-27-17/h8-9,13-16,19,21,31H,4-7,10-12H2,1-3H3,(H,28,29,32)/t14-,15-,16?,19+,21-,25-/m0/s1. The summed E-state index contributed by atoms with van der Waals surface area (Å²) in [5.74, 6) is -0.285. The molecular formula is C25H33N5O3S. The van der Waals surface area contributed by atoms with Crippen molar-refractivity contribution in [2.45, 2.75) is 64.9 Å². The van der Waals surface area contributed by atoms with Gasteiger partial charge in [-0.05, 0) is 49.4 Å². The van der Waals surface area contributed by atoms with Crippen LogP contribution in [0.25, 0.3) is 0 Å². The smallest absolute Gasteiger partial charge is 0.277 e. The third-order valence-corrected chi connectivity index (χ3v) is 9.37. The van der Waals surface area contributed by atoms with Crippen LogP contribution >= 0.6 is 11.3 Å². The van der Waals surface area contributed by atoms with Gasteiger partial charge in [0.2, 0.25) is 5.91 Å². The lowest BCUT2D eigenvalue weighted by atomic mass is 9.53.